The molecule has 0 saturated heterocycles. The predicted octanol–water partition coefficient (Wildman–Crippen LogP) is -0.672. The average Bonchev–Trinajstić information content (AvgIpc) is 3.70. The van der Waals surface area contributed by atoms with E-state index in [0.717, 1.165) is 62.1 Å². The van der Waals surface area contributed by atoms with Crippen LogP contribution >= 0.6 is 11.3 Å². The van der Waals surface area contributed by atoms with E-state index in [-0.39, 0.29) is 34.0 Å². The number of nitrogens with zero attached hydrogens (tertiary/aromatic N) is 8. The standard InChI is InChI=1S/C35H48N7O4S.2BrH.HNO2/c1-9-44-27-17-18-28-33(25-27)47-35(36-28)40-38-34(26-16-19-31(32(24-26)43-8)46-23-13-21-42(5,6)7)37-39(40)29-14-10-11-15-30(29)45-22-12-20-41(2,3)4;;;2-1-3/h10-11,14-19,24-25H,9,12-13,20-23H2,1-8H3;2*1H;(H,2,3)/q+3;;;/p-2. The second kappa shape index (κ2) is 20.4. The Morgan fingerprint density at radius 2 is 1.48 bits per heavy atom. The van der Waals surface area contributed by atoms with Gasteiger partial charge in [0.1, 0.15) is 11.5 Å². The number of hydrogen-bond acceptors (Lipinski definition) is 10. The highest BCUT2D eigenvalue weighted by molar-refractivity contribution is 7.20. The minimum atomic E-state index is 0. The lowest BCUT2D eigenvalue weighted by atomic mass is 10.2. The Hall–Kier alpha value is -3.90. The molecule has 0 atom stereocenters. The van der Waals surface area contributed by atoms with Gasteiger partial charge < -0.3 is 67.1 Å². The molecule has 0 aliphatic carbocycles. The summed E-state index contributed by atoms with van der Waals surface area (Å²) < 4.78 is 26.7. The fourth-order valence-electron chi connectivity index (χ4n) is 5.03. The number of fused-ring (bicyclic) bond motifs is 1. The molecule has 5 aromatic rings. The quantitative estimate of drug-likeness (QED) is 0.0451. The zero-order valence-electron chi connectivity index (χ0n) is 31.0. The van der Waals surface area contributed by atoms with Crippen LogP contribution in [-0.4, -0.2) is 116 Å². The molecule has 0 spiro atoms. The number of tetrazole rings is 1. The molecule has 14 nitrogen and oxygen atoms in total. The molecule has 0 radical (unpaired) electrons. The van der Waals surface area contributed by atoms with Gasteiger partial charge in [0.25, 0.3) is 5.82 Å². The van der Waals surface area contributed by atoms with E-state index >= 15 is 0 Å². The summed E-state index contributed by atoms with van der Waals surface area (Å²) in [6, 6.07) is 19.6. The van der Waals surface area contributed by atoms with Crippen molar-refractivity contribution in [2.45, 2.75) is 19.8 Å². The molecule has 0 bridgehead atoms. The van der Waals surface area contributed by atoms with Crippen molar-refractivity contribution in [3.05, 3.63) is 65.6 Å². The predicted molar refractivity (Wildman–Crippen MR) is 193 cm³/mol. The maximum Gasteiger partial charge on any atom is 0.365 e. The molecule has 3 aromatic carbocycles. The van der Waals surface area contributed by atoms with Crippen molar-refractivity contribution in [1.82, 2.24) is 20.0 Å². The van der Waals surface area contributed by atoms with Crippen LogP contribution in [0.15, 0.2) is 66.0 Å². The van der Waals surface area contributed by atoms with Crippen molar-refractivity contribution in [3.8, 4) is 45.2 Å². The van der Waals surface area contributed by atoms with Gasteiger partial charge in [-0.2, -0.15) is 0 Å². The molecule has 0 fully saturated rings. The number of para-hydroxylation sites is 2. The zero-order valence-corrected chi connectivity index (χ0v) is 34.9. The van der Waals surface area contributed by atoms with Gasteiger partial charge >= 0.3 is 5.13 Å². The third-order valence-corrected chi connectivity index (χ3v) is 8.34. The molecular weight excluding hydrogens is 820 g/mol. The molecule has 0 saturated carbocycles. The highest BCUT2D eigenvalue weighted by atomic mass is 79.9. The third-order valence-electron chi connectivity index (χ3n) is 7.35. The first kappa shape index (κ1) is 44.3. The van der Waals surface area contributed by atoms with Gasteiger partial charge in [0.05, 0.1) is 87.0 Å². The van der Waals surface area contributed by atoms with Crippen molar-refractivity contribution in [2.24, 2.45) is 5.34 Å². The average molecular weight is 870 g/mol. The number of thiazole rings is 1. The van der Waals surface area contributed by atoms with E-state index in [9.17, 15) is 0 Å². The minimum Gasteiger partial charge on any atom is -1.00 e. The number of aromatic nitrogens is 5. The molecule has 0 aliphatic heterocycles. The highest BCUT2D eigenvalue weighted by Gasteiger charge is 2.27. The number of benzene rings is 3. The fourth-order valence-corrected chi connectivity index (χ4v) is 5.96. The summed E-state index contributed by atoms with van der Waals surface area (Å²) in [7, 11) is 14.7. The van der Waals surface area contributed by atoms with Crippen LogP contribution in [0.3, 0.4) is 0 Å². The Morgan fingerprint density at radius 1 is 0.846 bits per heavy atom. The molecule has 52 heavy (non-hydrogen) atoms. The number of halogens is 2. The first-order chi connectivity index (χ1) is 23.9. The maximum atomic E-state index is 8.11. The topological polar surface area (TPSA) is 134 Å². The van der Waals surface area contributed by atoms with Gasteiger partial charge in [-0.1, -0.05) is 28.5 Å². The zero-order chi connectivity index (χ0) is 36.3. The number of hydrogen-bond donors (Lipinski definition) is 1. The van der Waals surface area contributed by atoms with Crippen LogP contribution in [0.5, 0.6) is 23.0 Å². The molecule has 0 amide bonds. The number of rotatable bonds is 16. The second-order valence-corrected chi connectivity index (χ2v) is 14.5. The van der Waals surface area contributed by atoms with Crippen LogP contribution in [0, 0.1) is 4.91 Å². The van der Waals surface area contributed by atoms with Crippen LogP contribution in [0.25, 0.3) is 32.4 Å². The van der Waals surface area contributed by atoms with Gasteiger partial charge in [0, 0.05) is 29.6 Å². The van der Waals surface area contributed by atoms with Gasteiger partial charge in [-0.25, -0.2) is 0 Å². The Morgan fingerprint density at radius 3 is 2.10 bits per heavy atom. The maximum absolute atomic E-state index is 8.11. The van der Waals surface area contributed by atoms with E-state index in [1.807, 2.05) is 67.6 Å². The summed E-state index contributed by atoms with van der Waals surface area (Å²) in [5.74, 6) is 3.35. The molecule has 17 heteroatoms. The van der Waals surface area contributed by atoms with Crippen molar-refractivity contribution >= 4 is 21.6 Å². The Labute approximate surface area is 330 Å². The molecule has 284 valence electrons. The summed E-state index contributed by atoms with van der Waals surface area (Å²) in [6.45, 7) is 5.78. The van der Waals surface area contributed by atoms with Gasteiger partial charge in [-0.05, 0) is 64.1 Å². The lowest BCUT2D eigenvalue weighted by molar-refractivity contribution is -0.870. The number of quaternary nitrogens is 2. The van der Waals surface area contributed by atoms with Gasteiger partial charge in [-0.15, -0.1) is 4.91 Å². The fraction of sp³-hybridized carbons (Fsp3) is 0.429. The first-order valence-electron chi connectivity index (χ1n) is 16.4. The van der Waals surface area contributed by atoms with Gasteiger partial charge in [0.2, 0.25) is 0 Å². The Balaban J connectivity index is 0.00000181. The summed E-state index contributed by atoms with van der Waals surface area (Å²) >= 11 is 1.52. The Kier molecular flexibility index (Phi) is 17.3. The largest absolute Gasteiger partial charge is 1.00 e. The molecular formula is C35H49Br2N8O6S+. The molecule has 2 aromatic heterocycles. The summed E-state index contributed by atoms with van der Waals surface area (Å²) in [5.41, 5.74) is 2.40. The highest BCUT2D eigenvalue weighted by Crippen LogP contribution is 2.33. The monoisotopic (exact) mass is 867 g/mol. The van der Waals surface area contributed by atoms with Crippen molar-refractivity contribution < 1.29 is 71.9 Å². The number of ether oxygens (including phenoxy) is 4. The van der Waals surface area contributed by atoms with E-state index in [2.05, 4.69) is 42.3 Å². The smallest absolute Gasteiger partial charge is 0.365 e. The van der Waals surface area contributed by atoms with Crippen molar-refractivity contribution in [1.29, 1.82) is 0 Å². The third kappa shape index (κ3) is 12.6. The van der Waals surface area contributed by atoms with Crippen molar-refractivity contribution in [3.63, 3.8) is 0 Å². The van der Waals surface area contributed by atoms with Crippen LogP contribution in [0.2, 0.25) is 0 Å². The second-order valence-electron chi connectivity index (χ2n) is 13.5. The summed E-state index contributed by atoms with van der Waals surface area (Å²) in [4.78, 5) is 16.5. The Bertz CT molecular complexity index is 1860. The van der Waals surface area contributed by atoms with E-state index < -0.39 is 0 Å². The first-order valence-corrected chi connectivity index (χ1v) is 17.2. The molecule has 1 N–H and O–H groups in total. The van der Waals surface area contributed by atoms with E-state index in [1.54, 1.807) is 16.7 Å². The van der Waals surface area contributed by atoms with E-state index in [1.165, 1.54) is 16.7 Å². The van der Waals surface area contributed by atoms with Crippen LogP contribution in [0.4, 0.5) is 0 Å². The van der Waals surface area contributed by atoms with Crippen LogP contribution in [-0.2, 0) is 0 Å². The lowest BCUT2D eigenvalue weighted by Gasteiger charge is -2.23. The molecule has 0 unspecified atom stereocenters. The molecule has 5 rings (SSSR count). The van der Waals surface area contributed by atoms with Crippen LogP contribution < -0.4 is 57.7 Å². The van der Waals surface area contributed by atoms with E-state index in [4.69, 9.17) is 44.2 Å². The van der Waals surface area contributed by atoms with E-state index in [0.29, 0.717) is 48.0 Å². The lowest BCUT2D eigenvalue weighted by Crippen LogP contribution is -3.00. The summed E-state index contributed by atoms with van der Waals surface area (Å²) in [5, 5.41) is 18.5. The van der Waals surface area contributed by atoms with Gasteiger partial charge in [0.15, 0.2) is 28.0 Å². The minimum absolute atomic E-state index is 0. The summed E-state index contributed by atoms with van der Waals surface area (Å²) in [6.07, 6.45) is 1.86. The van der Waals surface area contributed by atoms with Crippen molar-refractivity contribution in [2.75, 3.05) is 82.3 Å². The normalized spacial score (nSPS) is 11.1. The van der Waals surface area contributed by atoms with Crippen LogP contribution in [0.1, 0.15) is 19.8 Å². The molecule has 2 heterocycles. The van der Waals surface area contributed by atoms with Gasteiger partial charge in [-0.3, -0.25) is 0 Å². The number of methoxy groups -OCH3 is 1. The molecule has 0 aliphatic rings. The SMILES string of the molecule is CCOc1ccc2nc(-[n+]3nc(-c4ccc(OCCC[N+](C)(C)C)c(OC)c4)nn3-c3ccccc3OCCC[N+](C)(C)C)sc2c1.O=NO.[Br-].[Br-].